The molecule has 0 saturated carbocycles. The molecule has 98 valence electrons. The Labute approximate surface area is 115 Å². The number of hydrogen-bond donors (Lipinski definition) is 1. The van der Waals surface area contributed by atoms with Crippen LogP contribution in [-0.2, 0) is 0 Å². The van der Waals surface area contributed by atoms with Crippen LogP contribution in [0.15, 0.2) is 60.7 Å². The predicted octanol–water partition coefficient (Wildman–Crippen LogP) is 3.65. The van der Waals surface area contributed by atoms with Gasteiger partial charge in [-0.2, -0.15) is 5.10 Å². The largest absolute Gasteiger partial charge is 0.277 e. The van der Waals surface area contributed by atoms with Crippen LogP contribution < -0.4 is 0 Å². The van der Waals surface area contributed by atoms with E-state index < -0.39 is 4.92 Å². The Hall–Kier alpha value is -2.95. The minimum absolute atomic E-state index is 0.0801. The normalized spacial score (nSPS) is 10.4. The number of nitrogens with zero attached hydrogens (tertiary/aromatic N) is 2. The summed E-state index contributed by atoms with van der Waals surface area (Å²) in [6.45, 7) is 0. The second kappa shape index (κ2) is 4.97. The van der Waals surface area contributed by atoms with Crippen LogP contribution in [0.4, 0.5) is 5.69 Å². The van der Waals surface area contributed by atoms with Gasteiger partial charge in [-0.15, -0.1) is 0 Å². The van der Waals surface area contributed by atoms with E-state index in [1.54, 1.807) is 12.1 Å². The fraction of sp³-hybridized carbons (Fsp3) is 0. The molecule has 0 bridgehead atoms. The molecule has 0 spiro atoms. The highest BCUT2D eigenvalue weighted by Crippen LogP contribution is 2.25. The Morgan fingerprint density at radius 2 is 1.65 bits per heavy atom. The van der Waals surface area contributed by atoms with Crippen molar-refractivity contribution in [2.24, 2.45) is 0 Å². The van der Waals surface area contributed by atoms with Gasteiger partial charge in [-0.1, -0.05) is 30.3 Å². The van der Waals surface area contributed by atoms with E-state index in [0.29, 0.717) is 0 Å². The van der Waals surface area contributed by atoms with Crippen molar-refractivity contribution < 1.29 is 4.92 Å². The highest BCUT2D eigenvalue weighted by Gasteiger charge is 2.08. The molecule has 1 heterocycles. The number of aromatic nitrogens is 2. The Kier molecular flexibility index (Phi) is 3.01. The molecule has 5 heteroatoms. The van der Waals surface area contributed by atoms with E-state index in [4.69, 9.17) is 0 Å². The summed E-state index contributed by atoms with van der Waals surface area (Å²) in [4.78, 5) is 10.2. The van der Waals surface area contributed by atoms with Gasteiger partial charge in [0.1, 0.15) is 0 Å². The molecule has 0 radical (unpaired) electrons. The lowest BCUT2D eigenvalue weighted by atomic mass is 10.1. The van der Waals surface area contributed by atoms with E-state index in [-0.39, 0.29) is 5.69 Å². The molecule has 0 atom stereocenters. The molecule has 0 amide bonds. The molecule has 20 heavy (non-hydrogen) atoms. The summed E-state index contributed by atoms with van der Waals surface area (Å²) in [6.07, 6.45) is 0. The number of aromatic amines is 1. The fourth-order valence-corrected chi connectivity index (χ4v) is 1.99. The maximum Gasteiger partial charge on any atom is 0.269 e. The van der Waals surface area contributed by atoms with E-state index in [9.17, 15) is 10.1 Å². The lowest BCUT2D eigenvalue weighted by Crippen LogP contribution is -1.87. The Bertz CT molecular complexity index is 733. The second-order valence-corrected chi connectivity index (χ2v) is 4.34. The van der Waals surface area contributed by atoms with Crippen LogP contribution in [0.25, 0.3) is 22.5 Å². The van der Waals surface area contributed by atoms with Gasteiger partial charge in [-0.3, -0.25) is 15.2 Å². The third-order valence-electron chi connectivity index (χ3n) is 3.04. The quantitative estimate of drug-likeness (QED) is 0.580. The topological polar surface area (TPSA) is 71.8 Å². The Morgan fingerprint density at radius 1 is 0.950 bits per heavy atom. The van der Waals surface area contributed by atoms with Gasteiger partial charge in [0.25, 0.3) is 5.69 Å². The van der Waals surface area contributed by atoms with Crippen molar-refractivity contribution in [1.82, 2.24) is 10.2 Å². The molecule has 3 rings (SSSR count). The highest BCUT2D eigenvalue weighted by atomic mass is 16.6. The lowest BCUT2D eigenvalue weighted by Gasteiger charge is -1.96. The van der Waals surface area contributed by atoms with Crippen molar-refractivity contribution in [3.63, 3.8) is 0 Å². The van der Waals surface area contributed by atoms with Gasteiger partial charge >= 0.3 is 0 Å². The molecule has 0 fully saturated rings. The standard InChI is InChI=1S/C15H11N3O2/c19-18(20)13-8-6-12(7-9-13)15-10-14(16-17-15)11-4-2-1-3-5-11/h1-10H,(H,16,17). The summed E-state index contributed by atoms with van der Waals surface area (Å²) in [6, 6.07) is 18.1. The third-order valence-corrected chi connectivity index (χ3v) is 3.04. The number of H-pyrrole nitrogens is 1. The zero-order valence-corrected chi connectivity index (χ0v) is 10.5. The van der Waals surface area contributed by atoms with Crippen LogP contribution in [0.3, 0.4) is 0 Å². The molecule has 0 aliphatic carbocycles. The van der Waals surface area contributed by atoms with E-state index in [2.05, 4.69) is 10.2 Å². The van der Waals surface area contributed by atoms with E-state index in [1.165, 1.54) is 12.1 Å². The molecule has 0 saturated heterocycles. The summed E-state index contributed by atoms with van der Waals surface area (Å²) < 4.78 is 0. The van der Waals surface area contributed by atoms with E-state index >= 15 is 0 Å². The first-order chi connectivity index (χ1) is 9.74. The van der Waals surface area contributed by atoms with Gasteiger partial charge in [0, 0.05) is 23.3 Å². The molecule has 3 aromatic rings. The summed E-state index contributed by atoms with van der Waals surface area (Å²) in [5.41, 5.74) is 3.65. The van der Waals surface area contributed by atoms with Crippen molar-refractivity contribution in [3.8, 4) is 22.5 Å². The molecule has 0 aliphatic heterocycles. The summed E-state index contributed by atoms with van der Waals surface area (Å²) >= 11 is 0. The number of nitrogens with one attached hydrogen (secondary N) is 1. The number of nitro groups is 1. The van der Waals surface area contributed by atoms with Crippen LogP contribution in [0.2, 0.25) is 0 Å². The minimum Gasteiger partial charge on any atom is -0.277 e. The summed E-state index contributed by atoms with van der Waals surface area (Å²) in [7, 11) is 0. The molecular formula is C15H11N3O2. The van der Waals surface area contributed by atoms with Crippen molar-refractivity contribution >= 4 is 5.69 Å². The van der Waals surface area contributed by atoms with E-state index in [1.807, 2.05) is 36.4 Å². The molecule has 1 N–H and O–H groups in total. The van der Waals surface area contributed by atoms with Crippen LogP contribution >= 0.6 is 0 Å². The molecule has 2 aromatic carbocycles. The first-order valence-corrected chi connectivity index (χ1v) is 6.10. The maximum absolute atomic E-state index is 10.6. The van der Waals surface area contributed by atoms with Gasteiger partial charge in [-0.25, -0.2) is 0 Å². The molecule has 1 aromatic heterocycles. The zero-order chi connectivity index (χ0) is 13.9. The van der Waals surface area contributed by atoms with Crippen LogP contribution in [-0.4, -0.2) is 15.1 Å². The SMILES string of the molecule is O=[N+]([O-])c1ccc(-c2cc(-c3ccccc3)n[nH]2)cc1. The van der Waals surface area contributed by atoms with Crippen molar-refractivity contribution in [2.45, 2.75) is 0 Å². The molecular weight excluding hydrogens is 254 g/mol. The number of nitro benzene ring substituents is 1. The third kappa shape index (κ3) is 2.29. The molecule has 5 nitrogen and oxygen atoms in total. The van der Waals surface area contributed by atoms with Gasteiger partial charge in [0.2, 0.25) is 0 Å². The van der Waals surface area contributed by atoms with Gasteiger partial charge in [0.15, 0.2) is 0 Å². The zero-order valence-electron chi connectivity index (χ0n) is 10.5. The number of benzene rings is 2. The summed E-state index contributed by atoms with van der Waals surface area (Å²) in [5, 5.41) is 17.8. The first kappa shape index (κ1) is 12.1. The minimum atomic E-state index is -0.411. The average Bonchev–Trinajstić information content (AvgIpc) is 2.98. The van der Waals surface area contributed by atoms with E-state index in [0.717, 1.165) is 22.5 Å². The number of hydrogen-bond acceptors (Lipinski definition) is 3. The molecule has 0 aliphatic rings. The number of rotatable bonds is 3. The van der Waals surface area contributed by atoms with Crippen molar-refractivity contribution in [3.05, 3.63) is 70.8 Å². The van der Waals surface area contributed by atoms with Crippen molar-refractivity contribution in [1.29, 1.82) is 0 Å². The summed E-state index contributed by atoms with van der Waals surface area (Å²) in [5.74, 6) is 0. The number of non-ortho nitro benzene ring substituents is 1. The Morgan fingerprint density at radius 3 is 2.30 bits per heavy atom. The van der Waals surface area contributed by atoms with Crippen LogP contribution in [0.1, 0.15) is 0 Å². The highest BCUT2D eigenvalue weighted by molar-refractivity contribution is 5.68. The molecule has 0 unspecified atom stereocenters. The first-order valence-electron chi connectivity index (χ1n) is 6.10. The Balaban J connectivity index is 1.92. The predicted molar refractivity (Wildman–Crippen MR) is 76.1 cm³/mol. The fourth-order valence-electron chi connectivity index (χ4n) is 1.99. The van der Waals surface area contributed by atoms with Gasteiger partial charge < -0.3 is 0 Å². The van der Waals surface area contributed by atoms with Crippen LogP contribution in [0, 0.1) is 10.1 Å². The van der Waals surface area contributed by atoms with Crippen molar-refractivity contribution in [2.75, 3.05) is 0 Å². The second-order valence-electron chi connectivity index (χ2n) is 4.34. The van der Waals surface area contributed by atoms with Gasteiger partial charge in [0.05, 0.1) is 16.3 Å². The average molecular weight is 265 g/mol. The maximum atomic E-state index is 10.6. The monoisotopic (exact) mass is 265 g/mol. The van der Waals surface area contributed by atoms with Gasteiger partial charge in [-0.05, 0) is 18.2 Å². The smallest absolute Gasteiger partial charge is 0.269 e. The van der Waals surface area contributed by atoms with Crippen LogP contribution in [0.5, 0.6) is 0 Å². The lowest BCUT2D eigenvalue weighted by molar-refractivity contribution is -0.384.